The van der Waals surface area contributed by atoms with Crippen molar-refractivity contribution in [3.05, 3.63) is 60.1 Å². The van der Waals surface area contributed by atoms with Gasteiger partial charge in [0.25, 0.3) is 0 Å². The van der Waals surface area contributed by atoms with Crippen LogP contribution in [0.4, 0.5) is 0 Å². The van der Waals surface area contributed by atoms with Crippen molar-refractivity contribution in [2.45, 2.75) is 6.42 Å². The highest BCUT2D eigenvalue weighted by atomic mass is 32.2. The van der Waals surface area contributed by atoms with Crippen molar-refractivity contribution in [3.63, 3.8) is 0 Å². The predicted octanol–water partition coefficient (Wildman–Crippen LogP) is 2.71. The Balaban J connectivity index is 1.58. The largest absolute Gasteiger partial charge is 0.463 e. The molecule has 0 bridgehead atoms. The third kappa shape index (κ3) is 5.32. The number of hydrogen-bond acceptors (Lipinski definition) is 4. The van der Waals surface area contributed by atoms with Crippen LogP contribution in [0.5, 0.6) is 0 Å². The number of aryl methyl sites for hydroxylation is 1. The third-order valence-corrected chi connectivity index (χ3v) is 3.49. The summed E-state index contributed by atoms with van der Waals surface area (Å²) >= 11 is 1.59. The molecule has 0 aliphatic rings. The number of benzene rings is 1. The van der Waals surface area contributed by atoms with E-state index in [0.717, 1.165) is 12.2 Å². The van der Waals surface area contributed by atoms with Crippen molar-refractivity contribution >= 4 is 23.9 Å². The molecular formula is C15H16N2O2S. The number of thioether (sulfide) groups is 1. The molecule has 1 aromatic carbocycles. The summed E-state index contributed by atoms with van der Waals surface area (Å²) in [5.41, 5.74) is 3.76. The van der Waals surface area contributed by atoms with E-state index in [4.69, 9.17) is 4.42 Å². The summed E-state index contributed by atoms with van der Waals surface area (Å²) in [4.78, 5) is 11.5. The van der Waals surface area contributed by atoms with Crippen molar-refractivity contribution in [1.29, 1.82) is 0 Å². The van der Waals surface area contributed by atoms with Gasteiger partial charge >= 0.3 is 0 Å². The van der Waals surface area contributed by atoms with Crippen LogP contribution in [0.25, 0.3) is 0 Å². The highest BCUT2D eigenvalue weighted by molar-refractivity contribution is 7.99. The van der Waals surface area contributed by atoms with E-state index in [1.165, 1.54) is 11.8 Å². The first-order chi connectivity index (χ1) is 9.84. The molecule has 2 rings (SSSR count). The van der Waals surface area contributed by atoms with Gasteiger partial charge in [-0.25, -0.2) is 5.43 Å². The van der Waals surface area contributed by atoms with Crippen LogP contribution in [0.3, 0.4) is 0 Å². The van der Waals surface area contributed by atoms with E-state index in [1.54, 1.807) is 30.2 Å². The van der Waals surface area contributed by atoms with Gasteiger partial charge in [0.1, 0.15) is 5.76 Å². The first-order valence-electron chi connectivity index (χ1n) is 6.31. The Morgan fingerprint density at radius 3 is 2.85 bits per heavy atom. The smallest absolute Gasteiger partial charge is 0.250 e. The normalized spacial score (nSPS) is 10.8. The summed E-state index contributed by atoms with van der Waals surface area (Å²) < 4.78 is 5.06. The van der Waals surface area contributed by atoms with Gasteiger partial charge in [-0.05, 0) is 29.9 Å². The molecule has 0 saturated heterocycles. The van der Waals surface area contributed by atoms with Crippen LogP contribution in [-0.4, -0.2) is 23.6 Å². The zero-order valence-electron chi connectivity index (χ0n) is 11.0. The van der Waals surface area contributed by atoms with Gasteiger partial charge in [-0.2, -0.15) is 16.9 Å². The number of hydrogen-bond donors (Lipinski definition) is 1. The number of nitrogens with zero attached hydrogens (tertiary/aromatic N) is 1. The number of amides is 1. The van der Waals surface area contributed by atoms with Gasteiger partial charge in [-0.15, -0.1) is 0 Å². The van der Waals surface area contributed by atoms with E-state index in [1.807, 2.05) is 18.2 Å². The van der Waals surface area contributed by atoms with Crippen molar-refractivity contribution in [1.82, 2.24) is 5.43 Å². The van der Waals surface area contributed by atoms with Gasteiger partial charge in [0.05, 0.1) is 18.2 Å². The molecule has 5 heteroatoms. The van der Waals surface area contributed by atoms with Crippen LogP contribution < -0.4 is 5.43 Å². The molecule has 1 N–H and O–H groups in total. The van der Waals surface area contributed by atoms with Crippen LogP contribution in [0.15, 0.2) is 58.2 Å². The minimum absolute atomic E-state index is 0.106. The minimum Gasteiger partial charge on any atom is -0.463 e. The van der Waals surface area contributed by atoms with Crippen molar-refractivity contribution in [3.8, 4) is 0 Å². The monoisotopic (exact) mass is 288 g/mol. The lowest BCUT2D eigenvalue weighted by atomic mass is 10.2. The summed E-state index contributed by atoms with van der Waals surface area (Å²) in [6.07, 6.45) is 4.00. The molecule has 0 saturated carbocycles. The maximum atomic E-state index is 11.5. The Bertz CT molecular complexity index is 538. The highest BCUT2D eigenvalue weighted by Crippen LogP contribution is 2.06. The molecule has 1 amide bonds. The van der Waals surface area contributed by atoms with Crippen molar-refractivity contribution in [2.24, 2.45) is 5.10 Å². The SMILES string of the molecule is O=C(CSCCc1ccccc1)N/N=C\c1ccco1. The molecule has 1 aromatic heterocycles. The minimum atomic E-state index is -0.106. The molecule has 0 spiro atoms. The molecule has 2 aromatic rings. The second-order valence-corrected chi connectivity index (χ2v) is 5.20. The van der Waals surface area contributed by atoms with Crippen molar-refractivity contribution in [2.75, 3.05) is 11.5 Å². The number of hydrazone groups is 1. The topological polar surface area (TPSA) is 54.6 Å². The number of furan rings is 1. The van der Waals surface area contributed by atoms with E-state index in [2.05, 4.69) is 22.7 Å². The summed E-state index contributed by atoms with van der Waals surface area (Å²) in [5, 5.41) is 3.82. The van der Waals surface area contributed by atoms with E-state index in [-0.39, 0.29) is 5.91 Å². The second kappa shape index (κ2) is 8.22. The Hall–Kier alpha value is -2.01. The van der Waals surface area contributed by atoms with Gasteiger partial charge in [-0.3, -0.25) is 4.79 Å². The van der Waals surface area contributed by atoms with Gasteiger partial charge in [0, 0.05) is 0 Å². The summed E-state index contributed by atoms with van der Waals surface area (Å²) in [6.45, 7) is 0. The van der Waals surface area contributed by atoms with E-state index >= 15 is 0 Å². The quantitative estimate of drug-likeness (QED) is 0.484. The number of carbonyl (C=O) groups excluding carboxylic acids is 1. The molecule has 0 aliphatic heterocycles. The van der Waals surface area contributed by atoms with Gasteiger partial charge in [0.15, 0.2) is 0 Å². The molecule has 0 unspecified atom stereocenters. The van der Waals surface area contributed by atoms with Crippen molar-refractivity contribution < 1.29 is 9.21 Å². The van der Waals surface area contributed by atoms with Gasteiger partial charge in [-0.1, -0.05) is 30.3 Å². The van der Waals surface area contributed by atoms with Crippen LogP contribution in [0, 0.1) is 0 Å². The van der Waals surface area contributed by atoms with Crippen LogP contribution in [-0.2, 0) is 11.2 Å². The maximum absolute atomic E-state index is 11.5. The zero-order chi connectivity index (χ0) is 14.0. The Morgan fingerprint density at radius 1 is 1.25 bits per heavy atom. The van der Waals surface area contributed by atoms with Crippen LogP contribution in [0.1, 0.15) is 11.3 Å². The van der Waals surface area contributed by atoms with Gasteiger partial charge < -0.3 is 4.42 Å². The highest BCUT2D eigenvalue weighted by Gasteiger charge is 2.00. The third-order valence-electron chi connectivity index (χ3n) is 2.54. The van der Waals surface area contributed by atoms with E-state index < -0.39 is 0 Å². The lowest BCUT2D eigenvalue weighted by molar-refractivity contribution is -0.118. The first-order valence-corrected chi connectivity index (χ1v) is 7.47. The average Bonchev–Trinajstić information content (AvgIpc) is 2.98. The lowest BCUT2D eigenvalue weighted by Gasteiger charge is -2.01. The maximum Gasteiger partial charge on any atom is 0.250 e. The molecule has 0 aliphatic carbocycles. The molecule has 20 heavy (non-hydrogen) atoms. The fourth-order valence-electron chi connectivity index (χ4n) is 1.56. The van der Waals surface area contributed by atoms with Gasteiger partial charge in [0.2, 0.25) is 5.91 Å². The molecule has 0 fully saturated rings. The Kier molecular flexibility index (Phi) is 5.92. The summed E-state index contributed by atoms with van der Waals surface area (Å²) in [7, 11) is 0. The number of carbonyl (C=O) groups is 1. The molecule has 0 radical (unpaired) electrons. The Labute approximate surface area is 122 Å². The fourth-order valence-corrected chi connectivity index (χ4v) is 2.34. The first kappa shape index (κ1) is 14.4. The Morgan fingerprint density at radius 2 is 2.10 bits per heavy atom. The average molecular weight is 288 g/mol. The number of nitrogens with one attached hydrogen (secondary N) is 1. The molecule has 1 heterocycles. The summed E-state index contributed by atoms with van der Waals surface area (Å²) in [6, 6.07) is 13.8. The number of rotatable bonds is 7. The molecule has 0 atom stereocenters. The fraction of sp³-hybridized carbons (Fsp3) is 0.200. The molecule has 104 valence electrons. The predicted molar refractivity (Wildman–Crippen MR) is 81.9 cm³/mol. The van der Waals surface area contributed by atoms with Crippen LogP contribution in [0.2, 0.25) is 0 Å². The van der Waals surface area contributed by atoms with E-state index in [9.17, 15) is 4.79 Å². The lowest BCUT2D eigenvalue weighted by Crippen LogP contribution is -2.19. The molecule has 4 nitrogen and oxygen atoms in total. The molecular weight excluding hydrogens is 272 g/mol. The second-order valence-electron chi connectivity index (χ2n) is 4.10. The van der Waals surface area contributed by atoms with Crippen LogP contribution >= 0.6 is 11.8 Å². The van der Waals surface area contributed by atoms with E-state index in [0.29, 0.717) is 11.5 Å². The summed E-state index contributed by atoms with van der Waals surface area (Å²) in [5.74, 6) is 1.83. The standard InChI is InChI=1S/C15H16N2O2S/c18-15(17-16-11-14-7-4-9-19-14)12-20-10-8-13-5-2-1-3-6-13/h1-7,9,11H,8,10,12H2,(H,17,18)/b16-11-. The zero-order valence-corrected chi connectivity index (χ0v) is 11.8.